The molecule has 1 aliphatic carbocycles. The Balaban J connectivity index is 1.33. The van der Waals surface area contributed by atoms with Gasteiger partial charge in [0.25, 0.3) is 5.56 Å². The summed E-state index contributed by atoms with van der Waals surface area (Å²) in [5.41, 5.74) is 4.78. The summed E-state index contributed by atoms with van der Waals surface area (Å²) < 4.78 is 3.24. The lowest BCUT2D eigenvalue weighted by molar-refractivity contribution is -0.114. The summed E-state index contributed by atoms with van der Waals surface area (Å²) in [4.78, 5) is 37.8. The number of fused-ring (bicyclic) bond motifs is 1. The third-order valence-corrected chi connectivity index (χ3v) is 6.89. The van der Waals surface area contributed by atoms with E-state index in [1.54, 1.807) is 18.7 Å². The lowest BCUT2D eigenvalue weighted by Crippen LogP contribution is -2.24. The Hall–Kier alpha value is -3.26. The maximum atomic E-state index is 12.9. The van der Waals surface area contributed by atoms with Crippen molar-refractivity contribution in [3.05, 3.63) is 75.7 Å². The van der Waals surface area contributed by atoms with Crippen LogP contribution in [-0.4, -0.2) is 32.7 Å². The first-order chi connectivity index (χ1) is 16.0. The van der Waals surface area contributed by atoms with Crippen molar-refractivity contribution in [3.8, 4) is 5.69 Å². The van der Waals surface area contributed by atoms with E-state index in [0.29, 0.717) is 5.69 Å². The van der Waals surface area contributed by atoms with Gasteiger partial charge >= 0.3 is 0 Å². The Morgan fingerprint density at radius 1 is 0.939 bits per heavy atom. The molecular weight excluding hydrogens is 436 g/mol. The molecule has 0 radical (unpaired) electrons. The number of anilines is 2. The summed E-state index contributed by atoms with van der Waals surface area (Å²) >= 11 is 1.22. The van der Waals surface area contributed by atoms with Crippen LogP contribution < -0.4 is 16.2 Å². The van der Waals surface area contributed by atoms with Gasteiger partial charge in [-0.15, -0.1) is 11.8 Å². The molecule has 0 aliphatic heterocycles. The van der Waals surface area contributed by atoms with E-state index in [1.807, 2.05) is 42.5 Å². The van der Waals surface area contributed by atoms with Crippen LogP contribution in [0.5, 0.6) is 0 Å². The molecule has 0 atom stereocenters. The number of aromatic nitrogens is 2. The summed E-state index contributed by atoms with van der Waals surface area (Å²) in [7, 11) is 1.78. The Kier molecular flexibility index (Phi) is 7.03. The fraction of sp³-hybridized carbons (Fsp3) is 0.320. The van der Waals surface area contributed by atoms with Crippen LogP contribution in [0.15, 0.2) is 53.3 Å². The van der Waals surface area contributed by atoms with Gasteiger partial charge in [0.05, 0.1) is 22.9 Å². The molecule has 172 valence electrons. The maximum Gasteiger partial charge on any atom is 0.295 e. The van der Waals surface area contributed by atoms with Crippen LogP contribution in [0.1, 0.15) is 29.7 Å². The van der Waals surface area contributed by atoms with Crippen LogP contribution in [0.25, 0.3) is 5.69 Å². The van der Waals surface area contributed by atoms with Crippen molar-refractivity contribution in [1.29, 1.82) is 0 Å². The van der Waals surface area contributed by atoms with Crippen molar-refractivity contribution >= 4 is 35.0 Å². The van der Waals surface area contributed by atoms with Gasteiger partial charge < -0.3 is 10.6 Å². The van der Waals surface area contributed by atoms with E-state index in [1.165, 1.54) is 34.0 Å². The monoisotopic (exact) mass is 464 g/mol. The van der Waals surface area contributed by atoms with Crippen LogP contribution >= 0.6 is 11.8 Å². The number of carbonyl (C=O) groups is 2. The summed E-state index contributed by atoms with van der Waals surface area (Å²) in [5, 5.41) is 5.72. The number of carbonyl (C=O) groups excluding carboxylic acids is 2. The maximum absolute atomic E-state index is 12.9. The molecule has 0 fully saturated rings. The zero-order chi connectivity index (χ0) is 23.4. The smallest absolute Gasteiger partial charge is 0.295 e. The summed E-state index contributed by atoms with van der Waals surface area (Å²) in [6, 6.07) is 15.3. The molecule has 0 spiro atoms. The minimum Gasteiger partial charge on any atom is -0.325 e. The number of nitrogens with one attached hydrogen (secondary N) is 2. The summed E-state index contributed by atoms with van der Waals surface area (Å²) in [6.45, 7) is 1.79. The molecule has 7 nitrogen and oxygen atoms in total. The first-order valence-electron chi connectivity index (χ1n) is 11.1. The molecule has 0 unspecified atom stereocenters. The van der Waals surface area contributed by atoms with Crippen LogP contribution in [0, 0.1) is 6.92 Å². The van der Waals surface area contributed by atoms with Gasteiger partial charge in [-0.3, -0.25) is 19.1 Å². The number of benzene rings is 2. The highest BCUT2D eigenvalue weighted by Gasteiger charge is 2.19. The zero-order valence-corrected chi connectivity index (χ0v) is 19.7. The molecule has 0 saturated carbocycles. The first-order valence-corrected chi connectivity index (χ1v) is 12.2. The predicted octanol–water partition coefficient (Wildman–Crippen LogP) is 3.67. The molecule has 0 saturated heterocycles. The molecule has 2 amide bonds. The van der Waals surface area contributed by atoms with Crippen molar-refractivity contribution in [2.45, 2.75) is 32.6 Å². The molecule has 2 aromatic carbocycles. The lowest BCUT2D eigenvalue weighted by Gasteiger charge is -2.19. The third kappa shape index (κ3) is 5.06. The van der Waals surface area contributed by atoms with Gasteiger partial charge in [0.1, 0.15) is 5.69 Å². The van der Waals surface area contributed by atoms with E-state index in [-0.39, 0.29) is 34.6 Å². The molecule has 1 aromatic heterocycles. The predicted molar refractivity (Wildman–Crippen MR) is 133 cm³/mol. The van der Waals surface area contributed by atoms with Gasteiger partial charge in [-0.2, -0.15) is 0 Å². The van der Waals surface area contributed by atoms with Crippen LogP contribution in [0.4, 0.5) is 11.4 Å². The zero-order valence-electron chi connectivity index (χ0n) is 18.9. The molecule has 33 heavy (non-hydrogen) atoms. The summed E-state index contributed by atoms with van der Waals surface area (Å²) in [6.07, 6.45) is 4.36. The van der Waals surface area contributed by atoms with Crippen molar-refractivity contribution in [1.82, 2.24) is 9.36 Å². The van der Waals surface area contributed by atoms with Crippen LogP contribution in [0.2, 0.25) is 0 Å². The second kappa shape index (κ2) is 10.1. The molecule has 0 bridgehead atoms. The highest BCUT2D eigenvalue weighted by atomic mass is 32.2. The molecule has 2 N–H and O–H groups in total. The van der Waals surface area contributed by atoms with Crippen molar-refractivity contribution < 1.29 is 9.59 Å². The first kappa shape index (κ1) is 22.9. The number of hydrogen-bond donors (Lipinski definition) is 2. The average Bonchev–Trinajstić information content (AvgIpc) is 3.03. The van der Waals surface area contributed by atoms with E-state index in [0.717, 1.165) is 30.6 Å². The third-order valence-electron chi connectivity index (χ3n) is 5.95. The standard InChI is InChI=1S/C25H28N4O3S/c1-17-24(25(32)29(28(17)2)19-11-4-3-5-12-19)27-23(31)16-33-15-22(30)26-21-14-8-10-18-9-6-7-13-20(18)21/h3-5,8,10-12,14H,6-7,9,13,15-16H2,1-2H3,(H,26,30)(H,27,31). The fourth-order valence-electron chi connectivity index (χ4n) is 4.21. The van der Waals surface area contributed by atoms with Crippen LogP contribution in [0.3, 0.4) is 0 Å². The second-order valence-electron chi connectivity index (χ2n) is 8.18. The Morgan fingerprint density at radius 3 is 2.39 bits per heavy atom. The number of para-hydroxylation sites is 1. The summed E-state index contributed by atoms with van der Waals surface area (Å²) in [5.74, 6) is -0.191. The van der Waals surface area contributed by atoms with E-state index in [2.05, 4.69) is 16.7 Å². The van der Waals surface area contributed by atoms with Gasteiger partial charge in [-0.05, 0) is 61.9 Å². The van der Waals surface area contributed by atoms with Crippen molar-refractivity contribution in [3.63, 3.8) is 0 Å². The number of nitrogens with zero attached hydrogens (tertiary/aromatic N) is 2. The Morgan fingerprint density at radius 2 is 1.64 bits per heavy atom. The minimum atomic E-state index is -0.309. The normalized spacial score (nSPS) is 12.8. The van der Waals surface area contributed by atoms with E-state index in [9.17, 15) is 14.4 Å². The molecule has 3 aromatic rings. The van der Waals surface area contributed by atoms with Gasteiger partial charge in [-0.25, -0.2) is 4.68 Å². The van der Waals surface area contributed by atoms with Gasteiger partial charge in [0.15, 0.2) is 0 Å². The molecule has 1 aliphatic rings. The number of amides is 2. The molecule has 8 heteroatoms. The van der Waals surface area contributed by atoms with Gasteiger partial charge in [0.2, 0.25) is 11.8 Å². The SMILES string of the molecule is Cc1c(NC(=O)CSCC(=O)Nc2cccc3c2CCCC3)c(=O)n(-c2ccccc2)n1C. The quantitative estimate of drug-likeness (QED) is 0.559. The second-order valence-corrected chi connectivity index (χ2v) is 9.16. The average molecular weight is 465 g/mol. The van der Waals surface area contributed by atoms with Crippen molar-refractivity contribution in [2.75, 3.05) is 22.1 Å². The van der Waals surface area contributed by atoms with Crippen LogP contribution in [-0.2, 0) is 29.5 Å². The van der Waals surface area contributed by atoms with E-state index >= 15 is 0 Å². The largest absolute Gasteiger partial charge is 0.325 e. The highest BCUT2D eigenvalue weighted by molar-refractivity contribution is 8.00. The van der Waals surface area contributed by atoms with Gasteiger partial charge in [-0.1, -0.05) is 30.3 Å². The molecule has 4 rings (SSSR count). The van der Waals surface area contributed by atoms with Gasteiger partial charge in [0, 0.05) is 12.7 Å². The lowest BCUT2D eigenvalue weighted by atomic mass is 9.90. The topological polar surface area (TPSA) is 85.1 Å². The van der Waals surface area contributed by atoms with E-state index in [4.69, 9.17) is 0 Å². The number of aryl methyl sites for hydroxylation is 1. The van der Waals surface area contributed by atoms with E-state index < -0.39 is 0 Å². The number of rotatable bonds is 7. The number of thioether (sulfide) groups is 1. The Labute approximate surface area is 197 Å². The minimum absolute atomic E-state index is 0.0828. The fourth-order valence-corrected chi connectivity index (χ4v) is 4.83. The van der Waals surface area contributed by atoms with Crippen molar-refractivity contribution in [2.24, 2.45) is 7.05 Å². The molecular formula is C25H28N4O3S. The highest BCUT2D eigenvalue weighted by Crippen LogP contribution is 2.28. The Bertz CT molecular complexity index is 1230. The number of hydrogen-bond acceptors (Lipinski definition) is 4. The molecule has 1 heterocycles.